The Hall–Kier alpha value is -3.72. The molecule has 0 fully saturated rings. The molecule has 2 aromatic heterocycles. The molecule has 0 atom stereocenters. The van der Waals surface area contributed by atoms with Crippen LogP contribution in [0.25, 0.3) is 16.7 Å². The molecule has 8 nitrogen and oxygen atoms in total. The van der Waals surface area contributed by atoms with Gasteiger partial charge in [0.05, 0.1) is 16.1 Å². The quantitative estimate of drug-likeness (QED) is 0.287. The summed E-state index contributed by atoms with van der Waals surface area (Å²) in [6, 6.07) is 16.0. The molecule has 4 aromatic rings. The summed E-state index contributed by atoms with van der Waals surface area (Å²) in [5.74, 6) is 1.13. The predicted molar refractivity (Wildman–Crippen MR) is 149 cm³/mol. The number of rotatable bonds is 9. The Bertz CT molecular complexity index is 1560. The highest BCUT2D eigenvalue weighted by Gasteiger charge is 2.28. The molecular formula is C29H34N4O4S. The normalized spacial score (nSPS) is 11.8. The Morgan fingerprint density at radius 2 is 1.66 bits per heavy atom. The number of nitrogens with zero attached hydrogens (tertiary/aromatic N) is 4. The molecule has 1 amide bonds. The number of amides is 1. The smallest absolute Gasteiger partial charge is 0.421 e. The maximum atomic E-state index is 13.0. The number of benzene rings is 2. The molecule has 0 saturated heterocycles. The Balaban J connectivity index is 1.64. The molecule has 2 heterocycles. The van der Waals surface area contributed by atoms with Gasteiger partial charge in [-0.2, -0.15) is 0 Å². The average molecular weight is 535 g/mol. The summed E-state index contributed by atoms with van der Waals surface area (Å²) in [5.41, 5.74) is 6.61. The van der Waals surface area contributed by atoms with Crippen molar-refractivity contribution in [2.75, 3.05) is 6.54 Å². The van der Waals surface area contributed by atoms with E-state index in [-0.39, 0.29) is 23.8 Å². The van der Waals surface area contributed by atoms with Gasteiger partial charge in [-0.05, 0) is 62.1 Å². The minimum Gasteiger partial charge on any atom is -0.464 e. The van der Waals surface area contributed by atoms with Gasteiger partial charge in [0.25, 0.3) is 10.0 Å². The van der Waals surface area contributed by atoms with E-state index in [1.807, 2.05) is 31.2 Å². The van der Waals surface area contributed by atoms with Crippen molar-refractivity contribution >= 4 is 27.1 Å². The number of aromatic nitrogens is 3. The van der Waals surface area contributed by atoms with Crippen molar-refractivity contribution in [2.45, 2.75) is 64.7 Å². The summed E-state index contributed by atoms with van der Waals surface area (Å²) < 4.78 is 28.6. The fourth-order valence-corrected chi connectivity index (χ4v) is 5.77. The second-order valence-electron chi connectivity index (χ2n) is 9.68. The van der Waals surface area contributed by atoms with Gasteiger partial charge in [0, 0.05) is 23.8 Å². The number of hydrogen-bond donors (Lipinski definition) is 1. The Morgan fingerprint density at radius 1 is 1.00 bits per heavy atom. The van der Waals surface area contributed by atoms with Gasteiger partial charge in [-0.25, -0.2) is 22.5 Å². The molecule has 0 bridgehead atoms. The third-order valence-corrected chi connectivity index (χ3v) is 8.42. The van der Waals surface area contributed by atoms with Crippen molar-refractivity contribution in [1.29, 1.82) is 0 Å². The lowest BCUT2D eigenvalue weighted by Crippen LogP contribution is -2.37. The molecule has 4 rings (SSSR count). The average Bonchev–Trinajstić information content (AvgIpc) is 3.28. The maximum absolute atomic E-state index is 13.0. The topological polar surface area (TPSA) is 105 Å². The van der Waals surface area contributed by atoms with Gasteiger partial charge in [0.1, 0.15) is 11.3 Å². The highest BCUT2D eigenvalue weighted by Crippen LogP contribution is 2.29. The Labute approximate surface area is 224 Å². The van der Waals surface area contributed by atoms with Crippen LogP contribution in [-0.4, -0.2) is 45.0 Å². The van der Waals surface area contributed by atoms with Crippen molar-refractivity contribution in [2.24, 2.45) is 0 Å². The monoisotopic (exact) mass is 534 g/mol. The molecule has 9 heteroatoms. The number of carbonyl (C=O) groups is 1. The molecule has 200 valence electrons. The van der Waals surface area contributed by atoms with E-state index in [4.69, 9.17) is 9.97 Å². The van der Waals surface area contributed by atoms with E-state index in [2.05, 4.69) is 38.3 Å². The maximum Gasteiger partial charge on any atom is 0.421 e. The number of pyridine rings is 1. The number of sulfonamides is 1. The van der Waals surface area contributed by atoms with Gasteiger partial charge < -0.3 is 5.11 Å². The molecule has 0 saturated carbocycles. The molecular weight excluding hydrogens is 500 g/mol. The highest BCUT2D eigenvalue weighted by molar-refractivity contribution is 7.89. The lowest BCUT2D eigenvalue weighted by atomic mass is 10.1. The van der Waals surface area contributed by atoms with E-state index >= 15 is 0 Å². The summed E-state index contributed by atoms with van der Waals surface area (Å²) in [5, 5.41) is 9.67. The zero-order valence-corrected chi connectivity index (χ0v) is 23.3. The minimum atomic E-state index is -4.17. The zero-order valence-electron chi connectivity index (χ0n) is 22.5. The molecule has 0 spiro atoms. The van der Waals surface area contributed by atoms with E-state index in [1.54, 1.807) is 12.1 Å². The van der Waals surface area contributed by atoms with Crippen LogP contribution < -0.4 is 0 Å². The van der Waals surface area contributed by atoms with Crippen molar-refractivity contribution in [3.63, 3.8) is 0 Å². The van der Waals surface area contributed by atoms with E-state index in [1.165, 1.54) is 12.1 Å². The van der Waals surface area contributed by atoms with Gasteiger partial charge in [-0.1, -0.05) is 57.5 Å². The van der Waals surface area contributed by atoms with Crippen LogP contribution in [0.5, 0.6) is 0 Å². The van der Waals surface area contributed by atoms with Gasteiger partial charge in [0.15, 0.2) is 0 Å². The molecule has 2 aromatic carbocycles. The molecule has 38 heavy (non-hydrogen) atoms. The van der Waals surface area contributed by atoms with Crippen LogP contribution in [0, 0.1) is 6.92 Å². The van der Waals surface area contributed by atoms with Crippen LogP contribution in [0.1, 0.15) is 62.0 Å². The first-order valence-electron chi connectivity index (χ1n) is 12.9. The number of fused-ring (bicyclic) bond motifs is 1. The first-order chi connectivity index (χ1) is 18.1. The van der Waals surface area contributed by atoms with Crippen molar-refractivity contribution in [1.82, 2.24) is 18.8 Å². The van der Waals surface area contributed by atoms with Crippen LogP contribution in [0.3, 0.4) is 0 Å². The molecule has 0 radical (unpaired) electrons. The van der Waals surface area contributed by atoms with Crippen LogP contribution in [0.15, 0.2) is 59.5 Å². The van der Waals surface area contributed by atoms with E-state index in [0.29, 0.717) is 4.31 Å². The Kier molecular flexibility index (Phi) is 7.87. The van der Waals surface area contributed by atoms with Crippen molar-refractivity contribution < 1.29 is 18.3 Å². The molecule has 1 N–H and O–H groups in total. The first kappa shape index (κ1) is 27.3. The summed E-state index contributed by atoms with van der Waals surface area (Å²) in [4.78, 5) is 21.6. The minimum absolute atomic E-state index is 0.0403. The third-order valence-electron chi connectivity index (χ3n) is 6.63. The summed E-state index contributed by atoms with van der Waals surface area (Å²) in [6.45, 7) is 10.1. The standard InChI is InChI=1S/C29H34N4O4S/c1-6-22-18-26-27(25(7-2)30-22)31-28(19(3)4)33(26)23-12-10-21(11-13-23)16-17-32(29(34)35)38(36,37)24-14-8-20(5)9-15-24/h8-15,18-19H,6-7,16-17H2,1-5H3,(H,34,35). The largest absolute Gasteiger partial charge is 0.464 e. The van der Waals surface area contributed by atoms with Gasteiger partial charge in [-0.3, -0.25) is 9.55 Å². The van der Waals surface area contributed by atoms with Crippen molar-refractivity contribution in [3.8, 4) is 5.69 Å². The Morgan fingerprint density at radius 3 is 2.21 bits per heavy atom. The lowest BCUT2D eigenvalue weighted by Gasteiger charge is -2.19. The summed E-state index contributed by atoms with van der Waals surface area (Å²) >= 11 is 0. The number of aryl methyl sites for hydroxylation is 3. The number of carboxylic acid groups (broad SMARTS) is 1. The highest BCUT2D eigenvalue weighted by atomic mass is 32.2. The van der Waals surface area contributed by atoms with Gasteiger partial charge in [0.2, 0.25) is 0 Å². The molecule has 0 aliphatic carbocycles. The van der Waals surface area contributed by atoms with Crippen LogP contribution >= 0.6 is 0 Å². The fraction of sp³-hybridized carbons (Fsp3) is 0.345. The SMILES string of the molecule is CCc1cc2c(nc(C(C)C)n2-c2ccc(CCN(C(=O)O)S(=O)(=O)c3ccc(C)cc3)cc2)c(CC)n1. The van der Waals surface area contributed by atoms with E-state index in [0.717, 1.165) is 57.9 Å². The van der Waals surface area contributed by atoms with Gasteiger partial charge in [-0.15, -0.1) is 0 Å². The van der Waals surface area contributed by atoms with Gasteiger partial charge >= 0.3 is 6.09 Å². The first-order valence-corrected chi connectivity index (χ1v) is 14.3. The van der Waals surface area contributed by atoms with E-state index < -0.39 is 16.1 Å². The summed E-state index contributed by atoms with van der Waals surface area (Å²) in [7, 11) is -4.17. The van der Waals surface area contributed by atoms with Crippen LogP contribution in [0.4, 0.5) is 4.79 Å². The van der Waals surface area contributed by atoms with Crippen LogP contribution in [0.2, 0.25) is 0 Å². The van der Waals surface area contributed by atoms with Crippen molar-refractivity contribution in [3.05, 3.63) is 82.9 Å². The molecule has 0 unspecified atom stereocenters. The molecule has 0 aliphatic rings. The summed E-state index contributed by atoms with van der Waals surface area (Å²) in [6.07, 6.45) is 0.378. The predicted octanol–water partition coefficient (Wildman–Crippen LogP) is 5.89. The third kappa shape index (κ3) is 5.29. The zero-order chi connectivity index (χ0) is 27.6. The second kappa shape index (κ2) is 10.9. The molecule has 0 aliphatic heterocycles. The number of hydrogen-bond acceptors (Lipinski definition) is 5. The second-order valence-corrected chi connectivity index (χ2v) is 11.5. The fourth-order valence-electron chi connectivity index (χ4n) is 4.50. The lowest BCUT2D eigenvalue weighted by molar-refractivity contribution is 0.172. The van der Waals surface area contributed by atoms with Crippen LogP contribution in [-0.2, 0) is 29.3 Å². The van der Waals surface area contributed by atoms with E-state index in [9.17, 15) is 18.3 Å². The number of imidazole rings is 1.